The van der Waals surface area contributed by atoms with Crippen LogP contribution in [0.4, 0.5) is 0 Å². The van der Waals surface area contributed by atoms with Gasteiger partial charge in [-0.05, 0) is 30.6 Å². The minimum Gasteiger partial charge on any atom is -0.466 e. The van der Waals surface area contributed by atoms with Crippen LogP contribution in [0.5, 0.6) is 0 Å². The molecule has 0 aromatic heterocycles. The fourth-order valence-electron chi connectivity index (χ4n) is 1.78. The molecule has 2 heteroatoms. The second kappa shape index (κ2) is 8.60. The van der Waals surface area contributed by atoms with Gasteiger partial charge in [-0.2, -0.15) is 0 Å². The molecular weight excluding hydrogens is 200 g/mol. The van der Waals surface area contributed by atoms with Gasteiger partial charge in [0.1, 0.15) is 0 Å². The van der Waals surface area contributed by atoms with Gasteiger partial charge in [0, 0.05) is 6.42 Å². The fourth-order valence-corrected chi connectivity index (χ4v) is 1.78. The van der Waals surface area contributed by atoms with Crippen LogP contribution in [-0.4, -0.2) is 12.6 Å². The highest BCUT2D eigenvalue weighted by Crippen LogP contribution is 2.23. The van der Waals surface area contributed by atoms with Crippen LogP contribution in [0.3, 0.4) is 0 Å². The Morgan fingerprint density at radius 1 is 1.06 bits per heavy atom. The van der Waals surface area contributed by atoms with Gasteiger partial charge in [0.2, 0.25) is 0 Å². The van der Waals surface area contributed by atoms with E-state index in [0.29, 0.717) is 24.9 Å². The molecule has 0 heterocycles. The summed E-state index contributed by atoms with van der Waals surface area (Å²) < 4.78 is 5.14. The Labute approximate surface area is 101 Å². The fraction of sp³-hybridized carbons (Fsp3) is 0.929. The molecular formula is C14H28O2. The molecule has 1 atom stereocenters. The van der Waals surface area contributed by atoms with Crippen LogP contribution in [0.1, 0.15) is 60.3 Å². The molecule has 0 bridgehead atoms. The molecule has 0 aliphatic rings. The van der Waals surface area contributed by atoms with Crippen molar-refractivity contribution in [2.45, 2.75) is 60.3 Å². The van der Waals surface area contributed by atoms with E-state index < -0.39 is 0 Å². The molecule has 0 fully saturated rings. The van der Waals surface area contributed by atoms with Crippen molar-refractivity contribution in [3.63, 3.8) is 0 Å². The van der Waals surface area contributed by atoms with Gasteiger partial charge < -0.3 is 4.74 Å². The lowest BCUT2D eigenvalue weighted by Gasteiger charge is -2.21. The van der Waals surface area contributed by atoms with Crippen LogP contribution in [0.25, 0.3) is 0 Å². The second-order valence-corrected chi connectivity index (χ2v) is 5.34. The van der Waals surface area contributed by atoms with E-state index in [9.17, 15) is 4.79 Å². The number of hydrogen-bond donors (Lipinski definition) is 0. The van der Waals surface area contributed by atoms with E-state index in [1.807, 2.05) is 6.92 Å². The monoisotopic (exact) mass is 228 g/mol. The largest absolute Gasteiger partial charge is 0.466 e. The third-order valence-corrected chi connectivity index (χ3v) is 3.10. The normalized spacial score (nSPS) is 13.2. The molecule has 0 radical (unpaired) electrons. The summed E-state index contributed by atoms with van der Waals surface area (Å²) in [5, 5.41) is 0. The topological polar surface area (TPSA) is 26.3 Å². The first kappa shape index (κ1) is 15.5. The Morgan fingerprint density at radius 3 is 2.12 bits per heavy atom. The SMILES string of the molecule is CCC(=O)OCCC(CCC(C)C)C(C)C. The van der Waals surface area contributed by atoms with Gasteiger partial charge in [0.05, 0.1) is 6.61 Å². The summed E-state index contributed by atoms with van der Waals surface area (Å²) in [6, 6.07) is 0. The average molecular weight is 228 g/mol. The lowest BCUT2D eigenvalue weighted by molar-refractivity contribution is -0.143. The third-order valence-electron chi connectivity index (χ3n) is 3.10. The first-order valence-corrected chi connectivity index (χ1v) is 6.63. The molecule has 0 aliphatic heterocycles. The van der Waals surface area contributed by atoms with Crippen molar-refractivity contribution in [1.82, 2.24) is 0 Å². The van der Waals surface area contributed by atoms with Crippen LogP contribution >= 0.6 is 0 Å². The van der Waals surface area contributed by atoms with Crippen LogP contribution < -0.4 is 0 Å². The predicted molar refractivity (Wildman–Crippen MR) is 68.3 cm³/mol. The van der Waals surface area contributed by atoms with E-state index in [4.69, 9.17) is 4.74 Å². The predicted octanol–water partition coefficient (Wildman–Crippen LogP) is 4.04. The van der Waals surface area contributed by atoms with E-state index in [-0.39, 0.29) is 5.97 Å². The quantitative estimate of drug-likeness (QED) is 0.586. The Balaban J connectivity index is 3.81. The zero-order valence-electron chi connectivity index (χ0n) is 11.6. The number of esters is 1. The summed E-state index contributed by atoms with van der Waals surface area (Å²) in [6.07, 6.45) is 4.01. The smallest absolute Gasteiger partial charge is 0.305 e. The Hall–Kier alpha value is -0.530. The molecule has 1 unspecified atom stereocenters. The molecule has 2 nitrogen and oxygen atoms in total. The van der Waals surface area contributed by atoms with Gasteiger partial charge in [0.15, 0.2) is 0 Å². The second-order valence-electron chi connectivity index (χ2n) is 5.34. The van der Waals surface area contributed by atoms with Gasteiger partial charge in [-0.3, -0.25) is 4.79 Å². The first-order chi connectivity index (χ1) is 7.47. The van der Waals surface area contributed by atoms with Crippen molar-refractivity contribution in [2.24, 2.45) is 17.8 Å². The maximum Gasteiger partial charge on any atom is 0.305 e. The van der Waals surface area contributed by atoms with Crippen molar-refractivity contribution in [1.29, 1.82) is 0 Å². The number of rotatable bonds is 8. The third kappa shape index (κ3) is 7.72. The molecule has 0 aliphatic carbocycles. The average Bonchev–Trinajstić information content (AvgIpc) is 2.21. The van der Waals surface area contributed by atoms with E-state index in [1.165, 1.54) is 12.8 Å². The Kier molecular flexibility index (Phi) is 8.32. The minimum absolute atomic E-state index is 0.0774. The lowest BCUT2D eigenvalue weighted by Crippen LogP contribution is -2.14. The summed E-state index contributed by atoms with van der Waals surface area (Å²) in [5.41, 5.74) is 0. The molecule has 0 saturated carbocycles. The van der Waals surface area contributed by atoms with E-state index in [2.05, 4.69) is 27.7 Å². The van der Waals surface area contributed by atoms with Crippen molar-refractivity contribution in [3.8, 4) is 0 Å². The van der Waals surface area contributed by atoms with Crippen LogP contribution in [0.15, 0.2) is 0 Å². The highest BCUT2D eigenvalue weighted by Gasteiger charge is 2.14. The molecule has 0 N–H and O–H groups in total. The van der Waals surface area contributed by atoms with Crippen molar-refractivity contribution in [2.75, 3.05) is 6.61 Å². The highest BCUT2D eigenvalue weighted by atomic mass is 16.5. The summed E-state index contributed by atoms with van der Waals surface area (Å²) in [6.45, 7) is 11.5. The molecule has 0 saturated heterocycles. The molecule has 0 aromatic carbocycles. The highest BCUT2D eigenvalue weighted by molar-refractivity contribution is 5.68. The number of hydrogen-bond acceptors (Lipinski definition) is 2. The van der Waals surface area contributed by atoms with Crippen molar-refractivity contribution >= 4 is 5.97 Å². The van der Waals surface area contributed by atoms with Gasteiger partial charge in [-0.1, -0.05) is 41.0 Å². The zero-order valence-corrected chi connectivity index (χ0v) is 11.6. The molecule has 0 rings (SSSR count). The molecule has 0 amide bonds. The van der Waals surface area contributed by atoms with E-state index >= 15 is 0 Å². The summed E-state index contributed by atoms with van der Waals surface area (Å²) in [5.74, 6) is 2.05. The van der Waals surface area contributed by atoms with Crippen LogP contribution in [0, 0.1) is 17.8 Å². The number of carbonyl (C=O) groups is 1. The number of ether oxygens (including phenoxy) is 1. The summed E-state index contributed by atoms with van der Waals surface area (Å²) in [4.78, 5) is 11.0. The maximum atomic E-state index is 11.0. The first-order valence-electron chi connectivity index (χ1n) is 6.63. The molecule has 16 heavy (non-hydrogen) atoms. The van der Waals surface area contributed by atoms with E-state index in [0.717, 1.165) is 12.3 Å². The molecule has 0 aromatic rings. The summed E-state index contributed by atoms with van der Waals surface area (Å²) >= 11 is 0. The van der Waals surface area contributed by atoms with Gasteiger partial charge in [-0.15, -0.1) is 0 Å². The van der Waals surface area contributed by atoms with E-state index in [1.54, 1.807) is 0 Å². The number of carbonyl (C=O) groups excluding carboxylic acids is 1. The van der Waals surface area contributed by atoms with Crippen molar-refractivity contribution in [3.05, 3.63) is 0 Å². The minimum atomic E-state index is -0.0774. The van der Waals surface area contributed by atoms with Crippen LogP contribution in [-0.2, 0) is 9.53 Å². The molecule has 0 spiro atoms. The van der Waals surface area contributed by atoms with Gasteiger partial charge in [0.25, 0.3) is 0 Å². The van der Waals surface area contributed by atoms with Crippen molar-refractivity contribution < 1.29 is 9.53 Å². The van der Waals surface area contributed by atoms with Crippen LogP contribution in [0.2, 0.25) is 0 Å². The standard InChI is InChI=1S/C14H28O2/c1-6-14(15)16-10-9-13(12(4)5)8-7-11(2)3/h11-13H,6-10H2,1-5H3. The Bertz CT molecular complexity index is 185. The molecule has 96 valence electrons. The lowest BCUT2D eigenvalue weighted by atomic mass is 9.86. The zero-order chi connectivity index (χ0) is 12.6. The Morgan fingerprint density at radius 2 is 1.69 bits per heavy atom. The van der Waals surface area contributed by atoms with Gasteiger partial charge in [-0.25, -0.2) is 0 Å². The van der Waals surface area contributed by atoms with Gasteiger partial charge >= 0.3 is 5.97 Å². The summed E-state index contributed by atoms with van der Waals surface area (Å²) in [7, 11) is 0. The maximum absolute atomic E-state index is 11.0.